The Balaban J connectivity index is 3.67. The number of hydrogen-bond acceptors (Lipinski definition) is 3. The molecule has 3 heteroatoms. The number of aliphatic hydroxyl groups is 1. The summed E-state index contributed by atoms with van der Waals surface area (Å²) in [5.74, 6) is 3.11. The summed E-state index contributed by atoms with van der Waals surface area (Å²) in [6.45, 7) is 11.5. The van der Waals surface area contributed by atoms with Gasteiger partial charge in [0.25, 0.3) is 0 Å². The molecule has 0 aromatic heterocycles. The van der Waals surface area contributed by atoms with Crippen LogP contribution < -0.4 is 5.32 Å². The minimum absolute atomic E-state index is 0.480. The largest absolute Gasteiger partial charge is 0.389 e. The molecule has 0 aliphatic carbocycles. The van der Waals surface area contributed by atoms with Crippen LogP contribution in [0.25, 0.3) is 0 Å². The van der Waals surface area contributed by atoms with Gasteiger partial charge >= 0.3 is 0 Å². The minimum Gasteiger partial charge on any atom is -0.389 e. The molecule has 2 nitrogen and oxygen atoms in total. The Morgan fingerprint density at radius 2 is 1.69 bits per heavy atom. The van der Waals surface area contributed by atoms with Crippen LogP contribution in [-0.2, 0) is 0 Å². The Morgan fingerprint density at radius 3 is 2.12 bits per heavy atom. The normalized spacial score (nSPS) is 14.4. The summed E-state index contributed by atoms with van der Waals surface area (Å²) in [5.41, 5.74) is -0.517. The maximum atomic E-state index is 10.1. The van der Waals surface area contributed by atoms with Crippen LogP contribution >= 0.6 is 11.8 Å². The summed E-state index contributed by atoms with van der Waals surface area (Å²) >= 11 is 1.99. The van der Waals surface area contributed by atoms with Crippen molar-refractivity contribution in [2.75, 3.05) is 18.1 Å². The predicted molar refractivity (Wildman–Crippen MR) is 75.2 cm³/mol. The van der Waals surface area contributed by atoms with Gasteiger partial charge in [-0.25, -0.2) is 0 Å². The molecular formula is C13H29NOS. The molecule has 0 radical (unpaired) electrons. The van der Waals surface area contributed by atoms with Crippen molar-refractivity contribution in [2.24, 2.45) is 5.92 Å². The van der Waals surface area contributed by atoms with E-state index in [9.17, 15) is 5.11 Å². The van der Waals surface area contributed by atoms with E-state index in [1.165, 1.54) is 5.75 Å². The fourth-order valence-corrected chi connectivity index (χ4v) is 2.48. The smallest absolute Gasteiger partial charge is 0.0766 e. The summed E-state index contributed by atoms with van der Waals surface area (Å²) in [5, 5.41) is 13.5. The van der Waals surface area contributed by atoms with Gasteiger partial charge in [0.2, 0.25) is 0 Å². The fraction of sp³-hybridized carbons (Fsp3) is 1.00. The van der Waals surface area contributed by atoms with E-state index < -0.39 is 5.60 Å². The van der Waals surface area contributed by atoms with Gasteiger partial charge in [0.15, 0.2) is 0 Å². The SMILES string of the molecule is CCC(O)(CC)CNC(C)CSCC(C)C. The van der Waals surface area contributed by atoms with E-state index in [1.807, 2.05) is 25.6 Å². The zero-order valence-electron chi connectivity index (χ0n) is 11.5. The lowest BCUT2D eigenvalue weighted by Crippen LogP contribution is -2.43. The summed E-state index contributed by atoms with van der Waals surface area (Å²) < 4.78 is 0. The number of rotatable bonds is 9. The van der Waals surface area contributed by atoms with Crippen LogP contribution in [0.2, 0.25) is 0 Å². The van der Waals surface area contributed by atoms with E-state index in [4.69, 9.17) is 0 Å². The topological polar surface area (TPSA) is 32.3 Å². The Hall–Kier alpha value is 0.270. The second-order valence-corrected chi connectivity index (χ2v) is 6.22. The highest BCUT2D eigenvalue weighted by Crippen LogP contribution is 2.14. The van der Waals surface area contributed by atoms with Gasteiger partial charge in [-0.3, -0.25) is 0 Å². The molecule has 0 saturated carbocycles. The van der Waals surface area contributed by atoms with Crippen molar-refractivity contribution < 1.29 is 5.11 Å². The molecule has 0 heterocycles. The van der Waals surface area contributed by atoms with Gasteiger partial charge in [0, 0.05) is 18.3 Å². The second kappa shape index (κ2) is 8.37. The molecule has 0 bridgehead atoms. The Labute approximate surface area is 106 Å². The predicted octanol–water partition coefficient (Wildman–Crippen LogP) is 2.90. The van der Waals surface area contributed by atoms with Crippen LogP contribution in [0, 0.1) is 5.92 Å². The summed E-state index contributed by atoms with van der Waals surface area (Å²) in [6.07, 6.45) is 1.64. The first-order chi connectivity index (χ1) is 7.43. The Kier molecular flexibility index (Phi) is 8.52. The first-order valence-electron chi connectivity index (χ1n) is 6.47. The maximum absolute atomic E-state index is 10.1. The monoisotopic (exact) mass is 247 g/mol. The van der Waals surface area contributed by atoms with Crippen LogP contribution in [0.5, 0.6) is 0 Å². The van der Waals surface area contributed by atoms with E-state index in [0.29, 0.717) is 12.6 Å². The van der Waals surface area contributed by atoms with Gasteiger partial charge in [-0.05, 0) is 31.4 Å². The van der Waals surface area contributed by atoms with Crippen molar-refractivity contribution >= 4 is 11.8 Å². The van der Waals surface area contributed by atoms with Crippen LogP contribution in [0.4, 0.5) is 0 Å². The van der Waals surface area contributed by atoms with Crippen molar-refractivity contribution in [1.29, 1.82) is 0 Å². The molecule has 1 atom stereocenters. The molecule has 0 aliphatic heterocycles. The number of hydrogen-bond donors (Lipinski definition) is 2. The average Bonchev–Trinajstić information content (AvgIpc) is 2.25. The summed E-state index contributed by atoms with van der Waals surface area (Å²) in [6, 6.07) is 0.480. The standard InChI is InChI=1S/C13H29NOS/c1-6-13(15,7-2)10-14-12(5)9-16-8-11(3)4/h11-12,14-15H,6-10H2,1-5H3. The second-order valence-electron chi connectivity index (χ2n) is 5.14. The van der Waals surface area contributed by atoms with Crippen LogP contribution in [-0.4, -0.2) is 34.8 Å². The van der Waals surface area contributed by atoms with Gasteiger partial charge in [0.1, 0.15) is 0 Å². The lowest BCUT2D eigenvalue weighted by atomic mass is 9.97. The van der Waals surface area contributed by atoms with Crippen molar-refractivity contribution in [3.05, 3.63) is 0 Å². The van der Waals surface area contributed by atoms with Gasteiger partial charge in [-0.2, -0.15) is 11.8 Å². The van der Waals surface area contributed by atoms with Crippen molar-refractivity contribution in [2.45, 2.75) is 59.1 Å². The summed E-state index contributed by atoms with van der Waals surface area (Å²) in [7, 11) is 0. The minimum atomic E-state index is -0.517. The number of thioether (sulfide) groups is 1. The first-order valence-corrected chi connectivity index (χ1v) is 7.62. The molecule has 98 valence electrons. The lowest BCUT2D eigenvalue weighted by Gasteiger charge is -2.27. The summed E-state index contributed by atoms with van der Waals surface area (Å²) in [4.78, 5) is 0. The third-order valence-corrected chi connectivity index (χ3v) is 4.55. The van der Waals surface area contributed by atoms with E-state index in [-0.39, 0.29) is 0 Å². The Bertz CT molecular complexity index is 169. The van der Waals surface area contributed by atoms with Gasteiger partial charge in [-0.1, -0.05) is 27.7 Å². The highest BCUT2D eigenvalue weighted by molar-refractivity contribution is 7.99. The Morgan fingerprint density at radius 1 is 1.12 bits per heavy atom. The zero-order chi connectivity index (χ0) is 12.6. The highest BCUT2D eigenvalue weighted by Gasteiger charge is 2.22. The molecular weight excluding hydrogens is 218 g/mol. The van der Waals surface area contributed by atoms with Crippen molar-refractivity contribution in [3.63, 3.8) is 0 Å². The van der Waals surface area contributed by atoms with Crippen molar-refractivity contribution in [3.8, 4) is 0 Å². The molecule has 1 unspecified atom stereocenters. The van der Waals surface area contributed by atoms with Crippen LogP contribution in [0.3, 0.4) is 0 Å². The molecule has 0 aliphatic rings. The maximum Gasteiger partial charge on any atom is 0.0766 e. The first kappa shape index (κ1) is 16.3. The molecule has 0 saturated heterocycles. The molecule has 0 aromatic rings. The van der Waals surface area contributed by atoms with Crippen LogP contribution in [0.1, 0.15) is 47.5 Å². The average molecular weight is 247 g/mol. The third kappa shape index (κ3) is 7.53. The molecule has 0 aromatic carbocycles. The molecule has 0 rings (SSSR count). The molecule has 2 N–H and O–H groups in total. The van der Waals surface area contributed by atoms with Gasteiger partial charge < -0.3 is 10.4 Å². The zero-order valence-corrected chi connectivity index (χ0v) is 12.4. The molecule has 0 amide bonds. The van der Waals surface area contributed by atoms with Gasteiger partial charge in [-0.15, -0.1) is 0 Å². The van der Waals surface area contributed by atoms with Crippen LogP contribution in [0.15, 0.2) is 0 Å². The third-order valence-electron chi connectivity index (χ3n) is 2.91. The van der Waals surface area contributed by atoms with E-state index >= 15 is 0 Å². The fourth-order valence-electron chi connectivity index (χ4n) is 1.40. The van der Waals surface area contributed by atoms with Gasteiger partial charge in [0.05, 0.1) is 5.60 Å². The number of nitrogens with one attached hydrogen (secondary N) is 1. The lowest BCUT2D eigenvalue weighted by molar-refractivity contribution is 0.0309. The van der Waals surface area contributed by atoms with Crippen molar-refractivity contribution in [1.82, 2.24) is 5.32 Å². The molecule has 0 fully saturated rings. The highest BCUT2D eigenvalue weighted by atomic mass is 32.2. The van der Waals surface area contributed by atoms with E-state index in [1.54, 1.807) is 0 Å². The molecule has 0 spiro atoms. The quantitative estimate of drug-likeness (QED) is 0.657. The van der Waals surface area contributed by atoms with E-state index in [2.05, 4.69) is 26.1 Å². The molecule has 16 heavy (non-hydrogen) atoms. The van der Waals surface area contributed by atoms with E-state index in [0.717, 1.165) is 24.5 Å².